The summed E-state index contributed by atoms with van der Waals surface area (Å²) in [4.78, 5) is 2.58. The molecule has 0 radical (unpaired) electrons. The molecule has 6 heteroatoms. The molecule has 1 atom stereocenters. The van der Waals surface area contributed by atoms with Crippen LogP contribution in [0.2, 0.25) is 0 Å². The lowest BCUT2D eigenvalue weighted by molar-refractivity contribution is -0.909. The van der Waals surface area contributed by atoms with Gasteiger partial charge in [0.2, 0.25) is 5.89 Å². The molecule has 1 N–H and O–H groups in total. The van der Waals surface area contributed by atoms with Crippen LogP contribution in [0.4, 0.5) is 0 Å². The van der Waals surface area contributed by atoms with Gasteiger partial charge in [0.25, 0.3) is 5.89 Å². The third-order valence-corrected chi connectivity index (χ3v) is 5.12. The second kappa shape index (κ2) is 7.96. The summed E-state index contributed by atoms with van der Waals surface area (Å²) in [6.07, 6.45) is 2.09. The van der Waals surface area contributed by atoms with Crippen molar-refractivity contribution in [1.82, 2.24) is 10.2 Å². The lowest BCUT2D eigenvalue weighted by Gasteiger charge is -2.11. The molecule has 0 amide bonds. The van der Waals surface area contributed by atoms with E-state index in [4.69, 9.17) is 4.42 Å². The van der Waals surface area contributed by atoms with Gasteiger partial charge in [0.15, 0.2) is 6.54 Å². The molecule has 3 aromatic rings. The Kier molecular flexibility index (Phi) is 5.71. The van der Waals surface area contributed by atoms with E-state index in [2.05, 4.69) is 63.7 Å². The second-order valence-corrected chi connectivity index (χ2v) is 7.37. The standard InChI is InChI=1S/C18H18BrN3OS/c1-22(11-13-7-9-14(24-2)10-8-13)12-17-20-21-18(23-17)15-5-3-4-6-16(15)19/h3-10H,11-12H2,1-2H3/p+1. The van der Waals surface area contributed by atoms with Gasteiger partial charge >= 0.3 is 0 Å². The second-order valence-electron chi connectivity index (χ2n) is 5.64. The van der Waals surface area contributed by atoms with Crippen LogP contribution >= 0.6 is 27.7 Å². The summed E-state index contributed by atoms with van der Waals surface area (Å²) in [7, 11) is 2.13. The molecular formula is C18H19BrN3OS+. The highest BCUT2D eigenvalue weighted by Crippen LogP contribution is 2.26. The molecule has 0 saturated carbocycles. The van der Waals surface area contributed by atoms with E-state index >= 15 is 0 Å². The lowest BCUT2D eigenvalue weighted by Crippen LogP contribution is -3.06. The summed E-state index contributed by atoms with van der Waals surface area (Å²) in [6, 6.07) is 16.5. The van der Waals surface area contributed by atoms with Gasteiger partial charge in [-0.05, 0) is 46.5 Å². The summed E-state index contributed by atoms with van der Waals surface area (Å²) in [5.41, 5.74) is 2.22. The average molecular weight is 405 g/mol. The smallest absolute Gasteiger partial charge is 0.271 e. The summed E-state index contributed by atoms with van der Waals surface area (Å²) in [5.74, 6) is 1.20. The van der Waals surface area contributed by atoms with E-state index in [0.29, 0.717) is 18.3 Å². The lowest BCUT2D eigenvalue weighted by atomic mass is 10.2. The fourth-order valence-corrected chi connectivity index (χ4v) is 3.34. The van der Waals surface area contributed by atoms with Crippen LogP contribution in [0.3, 0.4) is 0 Å². The Bertz CT molecular complexity index is 804. The van der Waals surface area contributed by atoms with Crippen molar-refractivity contribution in [3.63, 3.8) is 0 Å². The molecule has 1 unspecified atom stereocenters. The Hall–Kier alpha value is -1.63. The first kappa shape index (κ1) is 17.2. The normalized spacial score (nSPS) is 12.3. The third-order valence-electron chi connectivity index (χ3n) is 3.69. The fourth-order valence-electron chi connectivity index (χ4n) is 2.48. The maximum Gasteiger partial charge on any atom is 0.271 e. The number of rotatable bonds is 6. The van der Waals surface area contributed by atoms with Crippen molar-refractivity contribution in [2.45, 2.75) is 18.0 Å². The van der Waals surface area contributed by atoms with E-state index in [1.807, 2.05) is 24.3 Å². The molecule has 0 fully saturated rings. The number of quaternary nitrogens is 1. The number of nitrogens with zero attached hydrogens (tertiary/aromatic N) is 2. The van der Waals surface area contributed by atoms with E-state index < -0.39 is 0 Å². The molecule has 124 valence electrons. The highest BCUT2D eigenvalue weighted by atomic mass is 79.9. The third kappa shape index (κ3) is 4.26. The molecule has 0 saturated heterocycles. The zero-order valence-corrected chi connectivity index (χ0v) is 16.0. The van der Waals surface area contributed by atoms with E-state index in [9.17, 15) is 0 Å². The van der Waals surface area contributed by atoms with Gasteiger partial charge in [-0.3, -0.25) is 0 Å². The summed E-state index contributed by atoms with van der Waals surface area (Å²) >= 11 is 5.27. The Balaban J connectivity index is 1.64. The van der Waals surface area contributed by atoms with Gasteiger partial charge in [0.1, 0.15) is 6.54 Å². The van der Waals surface area contributed by atoms with Crippen LogP contribution < -0.4 is 4.90 Å². The van der Waals surface area contributed by atoms with Crippen molar-refractivity contribution >= 4 is 27.7 Å². The van der Waals surface area contributed by atoms with Crippen molar-refractivity contribution in [2.24, 2.45) is 0 Å². The first-order chi connectivity index (χ1) is 11.7. The number of nitrogens with one attached hydrogen (secondary N) is 1. The molecule has 1 heterocycles. The number of thioether (sulfide) groups is 1. The number of hydrogen-bond donors (Lipinski definition) is 1. The Morgan fingerprint density at radius 1 is 1.04 bits per heavy atom. The van der Waals surface area contributed by atoms with Gasteiger partial charge in [-0.2, -0.15) is 0 Å². The highest BCUT2D eigenvalue weighted by molar-refractivity contribution is 9.10. The minimum Gasteiger partial charge on any atom is -0.415 e. The zero-order chi connectivity index (χ0) is 16.9. The summed E-state index contributed by atoms with van der Waals surface area (Å²) < 4.78 is 6.77. The minimum atomic E-state index is 0.551. The van der Waals surface area contributed by atoms with Gasteiger partial charge in [-0.1, -0.05) is 24.3 Å². The molecule has 1 aromatic heterocycles. The van der Waals surface area contributed by atoms with Gasteiger partial charge in [0.05, 0.1) is 12.6 Å². The zero-order valence-electron chi connectivity index (χ0n) is 13.6. The molecule has 0 aliphatic carbocycles. The molecule has 0 aliphatic heterocycles. The average Bonchev–Trinajstić information content (AvgIpc) is 3.04. The molecular weight excluding hydrogens is 386 g/mol. The van der Waals surface area contributed by atoms with Crippen molar-refractivity contribution in [3.05, 3.63) is 64.5 Å². The van der Waals surface area contributed by atoms with Crippen LogP contribution in [0.15, 0.2) is 62.3 Å². The molecule has 24 heavy (non-hydrogen) atoms. The molecule has 3 rings (SSSR count). The van der Waals surface area contributed by atoms with Crippen LogP contribution in [0.5, 0.6) is 0 Å². The minimum absolute atomic E-state index is 0.551. The van der Waals surface area contributed by atoms with Gasteiger partial charge in [0, 0.05) is 14.9 Å². The van der Waals surface area contributed by atoms with Crippen LogP contribution in [0, 0.1) is 0 Å². The highest BCUT2D eigenvalue weighted by Gasteiger charge is 2.14. The number of halogens is 1. The SMILES string of the molecule is CSc1ccc(C[NH+](C)Cc2nnc(-c3ccccc3Br)o2)cc1. The van der Waals surface area contributed by atoms with Crippen molar-refractivity contribution in [1.29, 1.82) is 0 Å². The largest absolute Gasteiger partial charge is 0.415 e. The van der Waals surface area contributed by atoms with Crippen LogP contribution in [0.1, 0.15) is 11.5 Å². The predicted octanol–water partition coefficient (Wildman–Crippen LogP) is 3.44. The molecule has 2 aromatic carbocycles. The first-order valence-electron chi connectivity index (χ1n) is 7.67. The maximum absolute atomic E-state index is 5.82. The topological polar surface area (TPSA) is 43.4 Å². The van der Waals surface area contributed by atoms with E-state index in [1.165, 1.54) is 15.4 Å². The van der Waals surface area contributed by atoms with Crippen LogP contribution in [-0.4, -0.2) is 23.5 Å². The van der Waals surface area contributed by atoms with Crippen molar-refractivity contribution < 1.29 is 9.32 Å². The molecule has 0 spiro atoms. The number of hydrogen-bond acceptors (Lipinski definition) is 4. The summed E-state index contributed by atoms with van der Waals surface area (Å²) in [5, 5.41) is 8.35. The van der Waals surface area contributed by atoms with Gasteiger partial charge < -0.3 is 9.32 Å². The Morgan fingerprint density at radius 3 is 2.50 bits per heavy atom. The molecule has 0 bridgehead atoms. The molecule has 0 aliphatic rings. The van der Waals surface area contributed by atoms with Crippen LogP contribution in [0.25, 0.3) is 11.5 Å². The monoisotopic (exact) mass is 404 g/mol. The molecule has 4 nitrogen and oxygen atoms in total. The number of aromatic nitrogens is 2. The fraction of sp³-hybridized carbons (Fsp3) is 0.222. The Morgan fingerprint density at radius 2 is 1.79 bits per heavy atom. The van der Waals surface area contributed by atoms with E-state index in [1.54, 1.807) is 11.8 Å². The summed E-state index contributed by atoms with van der Waals surface area (Å²) in [6.45, 7) is 1.61. The predicted molar refractivity (Wildman–Crippen MR) is 100.0 cm³/mol. The van der Waals surface area contributed by atoms with Crippen LogP contribution in [-0.2, 0) is 13.1 Å². The van der Waals surface area contributed by atoms with E-state index in [0.717, 1.165) is 16.6 Å². The quantitative estimate of drug-likeness (QED) is 0.639. The Labute approximate surface area is 154 Å². The van der Waals surface area contributed by atoms with Crippen molar-refractivity contribution in [3.8, 4) is 11.5 Å². The van der Waals surface area contributed by atoms with Gasteiger partial charge in [-0.15, -0.1) is 22.0 Å². The maximum atomic E-state index is 5.82. The van der Waals surface area contributed by atoms with Crippen molar-refractivity contribution in [2.75, 3.05) is 13.3 Å². The number of benzene rings is 2. The van der Waals surface area contributed by atoms with E-state index in [-0.39, 0.29) is 0 Å². The first-order valence-corrected chi connectivity index (χ1v) is 9.69. The van der Waals surface area contributed by atoms with Gasteiger partial charge in [-0.25, -0.2) is 0 Å².